The predicted octanol–water partition coefficient (Wildman–Crippen LogP) is 1.44. The molecule has 0 saturated heterocycles. The molecular weight excluding hydrogens is 236 g/mol. The van der Waals surface area contributed by atoms with Gasteiger partial charge in [0.25, 0.3) is 0 Å². The van der Waals surface area contributed by atoms with Crippen molar-refractivity contribution in [3.63, 3.8) is 0 Å². The van der Waals surface area contributed by atoms with Gasteiger partial charge in [0.1, 0.15) is 0 Å². The van der Waals surface area contributed by atoms with E-state index in [1.165, 1.54) is 16.8 Å². The van der Waals surface area contributed by atoms with Crippen LogP contribution in [0.4, 0.5) is 0 Å². The first-order chi connectivity index (χ1) is 9.19. The van der Waals surface area contributed by atoms with E-state index in [1.807, 2.05) is 18.7 Å². The molecule has 4 nitrogen and oxygen atoms in total. The molecule has 1 aliphatic carbocycles. The van der Waals surface area contributed by atoms with Gasteiger partial charge in [0, 0.05) is 31.1 Å². The van der Waals surface area contributed by atoms with Crippen molar-refractivity contribution in [3.8, 4) is 0 Å². The van der Waals surface area contributed by atoms with Crippen LogP contribution in [0.2, 0.25) is 0 Å². The molecule has 1 aromatic carbocycles. The van der Waals surface area contributed by atoms with Gasteiger partial charge in [-0.1, -0.05) is 24.3 Å². The number of nitrogens with one attached hydrogen (secondary N) is 1. The van der Waals surface area contributed by atoms with E-state index in [4.69, 9.17) is 5.84 Å². The number of rotatable bonds is 4. The van der Waals surface area contributed by atoms with E-state index in [9.17, 15) is 0 Å². The third kappa shape index (κ3) is 2.17. The van der Waals surface area contributed by atoms with Crippen molar-refractivity contribution in [3.05, 3.63) is 52.8 Å². The van der Waals surface area contributed by atoms with Gasteiger partial charge in [-0.25, -0.2) is 0 Å². The van der Waals surface area contributed by atoms with Crippen molar-refractivity contribution in [1.82, 2.24) is 15.2 Å². The first-order valence-corrected chi connectivity index (χ1v) is 6.72. The summed E-state index contributed by atoms with van der Waals surface area (Å²) in [6, 6.07) is 11.0. The summed E-state index contributed by atoms with van der Waals surface area (Å²) in [5.74, 6) is 6.28. The molecule has 0 saturated carbocycles. The van der Waals surface area contributed by atoms with Crippen LogP contribution in [0.3, 0.4) is 0 Å². The molecule has 19 heavy (non-hydrogen) atoms. The fourth-order valence-electron chi connectivity index (χ4n) is 3.05. The largest absolute Gasteiger partial charge is 0.272 e. The molecule has 0 radical (unpaired) electrons. The minimum Gasteiger partial charge on any atom is -0.272 e. The maximum absolute atomic E-state index is 5.77. The van der Waals surface area contributed by atoms with Crippen molar-refractivity contribution >= 4 is 0 Å². The summed E-state index contributed by atoms with van der Waals surface area (Å²) in [4.78, 5) is 0. The predicted molar refractivity (Wildman–Crippen MR) is 75.6 cm³/mol. The molecular formula is C15H20N4. The molecule has 0 spiro atoms. The second kappa shape index (κ2) is 4.79. The molecule has 3 N–H and O–H groups in total. The quantitative estimate of drug-likeness (QED) is 0.643. The van der Waals surface area contributed by atoms with Crippen molar-refractivity contribution in [2.45, 2.75) is 31.7 Å². The lowest BCUT2D eigenvalue weighted by atomic mass is 9.72. The van der Waals surface area contributed by atoms with Gasteiger partial charge in [-0.2, -0.15) is 5.10 Å². The standard InChI is InChI=1S/C15H20N4/c1-10-7-12(19(2)18-10)9-15(17-16)14-8-11-5-3-4-6-13(11)14/h3-7,14-15,17H,8-9,16H2,1-2H3. The number of hydrogen-bond donors (Lipinski definition) is 2. The number of hydrazine groups is 1. The van der Waals surface area contributed by atoms with Gasteiger partial charge in [0.15, 0.2) is 0 Å². The van der Waals surface area contributed by atoms with E-state index in [0.29, 0.717) is 5.92 Å². The first-order valence-electron chi connectivity index (χ1n) is 6.72. The molecule has 3 rings (SSSR count). The number of aromatic nitrogens is 2. The average Bonchev–Trinajstić information content (AvgIpc) is 2.68. The second-order valence-corrected chi connectivity index (χ2v) is 5.39. The molecule has 1 aromatic heterocycles. The van der Waals surface area contributed by atoms with Crippen molar-refractivity contribution in [1.29, 1.82) is 0 Å². The van der Waals surface area contributed by atoms with Gasteiger partial charge >= 0.3 is 0 Å². The Morgan fingerprint density at radius 1 is 1.47 bits per heavy atom. The van der Waals surface area contributed by atoms with E-state index >= 15 is 0 Å². The Balaban J connectivity index is 1.78. The third-order valence-electron chi connectivity index (χ3n) is 4.12. The van der Waals surface area contributed by atoms with E-state index in [1.54, 1.807) is 0 Å². The Morgan fingerprint density at radius 2 is 2.26 bits per heavy atom. The minimum absolute atomic E-state index is 0.268. The molecule has 0 amide bonds. The Morgan fingerprint density at radius 3 is 2.89 bits per heavy atom. The van der Waals surface area contributed by atoms with Gasteiger partial charge in [-0.05, 0) is 30.5 Å². The lowest BCUT2D eigenvalue weighted by Crippen LogP contribution is -2.45. The number of hydrogen-bond acceptors (Lipinski definition) is 3. The van der Waals surface area contributed by atoms with Crippen LogP contribution in [0.15, 0.2) is 30.3 Å². The SMILES string of the molecule is Cc1cc(CC(NN)C2Cc3ccccc32)n(C)n1. The molecule has 0 bridgehead atoms. The lowest BCUT2D eigenvalue weighted by Gasteiger charge is -2.36. The van der Waals surface area contributed by atoms with E-state index < -0.39 is 0 Å². The van der Waals surface area contributed by atoms with Crippen LogP contribution in [-0.4, -0.2) is 15.8 Å². The van der Waals surface area contributed by atoms with Crippen LogP contribution in [-0.2, 0) is 19.9 Å². The normalized spacial score (nSPS) is 18.8. The number of benzene rings is 1. The fourth-order valence-corrected chi connectivity index (χ4v) is 3.05. The zero-order valence-electron chi connectivity index (χ0n) is 11.4. The lowest BCUT2D eigenvalue weighted by molar-refractivity contribution is 0.396. The van der Waals surface area contributed by atoms with Gasteiger partial charge < -0.3 is 0 Å². The van der Waals surface area contributed by atoms with Gasteiger partial charge in [0.2, 0.25) is 0 Å². The van der Waals surface area contributed by atoms with E-state index in [0.717, 1.165) is 18.5 Å². The monoisotopic (exact) mass is 256 g/mol. The topological polar surface area (TPSA) is 55.9 Å². The van der Waals surface area contributed by atoms with Gasteiger partial charge in [-0.15, -0.1) is 0 Å². The van der Waals surface area contributed by atoms with Gasteiger partial charge in [0.05, 0.1) is 5.69 Å². The van der Waals surface area contributed by atoms with Crippen molar-refractivity contribution in [2.24, 2.45) is 12.9 Å². The average molecular weight is 256 g/mol. The molecule has 2 aromatic rings. The highest BCUT2D eigenvalue weighted by molar-refractivity contribution is 5.41. The molecule has 0 fully saturated rings. The summed E-state index contributed by atoms with van der Waals surface area (Å²) in [6.07, 6.45) is 2.02. The highest BCUT2D eigenvalue weighted by Crippen LogP contribution is 2.37. The molecule has 1 heterocycles. The molecule has 100 valence electrons. The summed E-state index contributed by atoms with van der Waals surface area (Å²) in [5.41, 5.74) is 8.16. The Labute approximate surface area is 113 Å². The third-order valence-corrected chi connectivity index (χ3v) is 4.12. The zero-order chi connectivity index (χ0) is 13.4. The number of aryl methyl sites for hydroxylation is 2. The van der Waals surface area contributed by atoms with E-state index in [-0.39, 0.29) is 6.04 Å². The number of nitrogens with two attached hydrogens (primary N) is 1. The summed E-state index contributed by atoms with van der Waals surface area (Å²) < 4.78 is 1.95. The van der Waals surface area contributed by atoms with Gasteiger partial charge in [-0.3, -0.25) is 16.0 Å². The number of fused-ring (bicyclic) bond motifs is 1. The minimum atomic E-state index is 0.268. The molecule has 0 aliphatic heterocycles. The van der Waals surface area contributed by atoms with Crippen LogP contribution in [0.1, 0.15) is 28.4 Å². The number of nitrogens with zero attached hydrogens (tertiary/aromatic N) is 2. The zero-order valence-corrected chi connectivity index (χ0v) is 11.4. The summed E-state index contributed by atoms with van der Waals surface area (Å²) in [6.45, 7) is 2.02. The van der Waals surface area contributed by atoms with Crippen LogP contribution < -0.4 is 11.3 Å². The molecule has 2 unspecified atom stereocenters. The van der Waals surface area contributed by atoms with Crippen LogP contribution >= 0.6 is 0 Å². The maximum Gasteiger partial charge on any atom is 0.0596 e. The van der Waals surface area contributed by atoms with Crippen LogP contribution in [0.5, 0.6) is 0 Å². The Hall–Kier alpha value is -1.65. The smallest absolute Gasteiger partial charge is 0.0596 e. The van der Waals surface area contributed by atoms with E-state index in [2.05, 4.69) is 40.9 Å². The summed E-state index contributed by atoms with van der Waals surface area (Å²) >= 11 is 0. The fraction of sp³-hybridized carbons (Fsp3) is 0.400. The second-order valence-electron chi connectivity index (χ2n) is 5.39. The maximum atomic E-state index is 5.77. The molecule has 4 heteroatoms. The van der Waals surface area contributed by atoms with Crippen molar-refractivity contribution < 1.29 is 0 Å². The van der Waals surface area contributed by atoms with Crippen LogP contribution in [0.25, 0.3) is 0 Å². The Kier molecular flexibility index (Phi) is 3.12. The molecule has 1 aliphatic rings. The van der Waals surface area contributed by atoms with Crippen LogP contribution in [0, 0.1) is 6.92 Å². The molecule has 2 atom stereocenters. The summed E-state index contributed by atoms with van der Waals surface area (Å²) in [5, 5.41) is 4.39. The summed E-state index contributed by atoms with van der Waals surface area (Å²) in [7, 11) is 1.99. The first kappa shape index (κ1) is 12.4. The highest BCUT2D eigenvalue weighted by atomic mass is 15.3. The van der Waals surface area contributed by atoms with Crippen molar-refractivity contribution in [2.75, 3.05) is 0 Å². The Bertz CT molecular complexity index is 588. The highest BCUT2D eigenvalue weighted by Gasteiger charge is 2.32.